The van der Waals surface area contributed by atoms with Crippen LogP contribution in [0.15, 0.2) is 87.0 Å². The minimum atomic E-state index is -2.13. The molecule has 37 heavy (non-hydrogen) atoms. The Balaban J connectivity index is 0.000000649. The van der Waals surface area contributed by atoms with E-state index in [1.807, 2.05) is 48.6 Å². The average Bonchev–Trinajstić information content (AvgIpc) is 2.90. The molecule has 0 heterocycles. The summed E-state index contributed by atoms with van der Waals surface area (Å²) in [5.74, 6) is 1.18. The zero-order valence-electron chi connectivity index (χ0n) is 21.3. The first-order chi connectivity index (χ1) is 17.8. The summed E-state index contributed by atoms with van der Waals surface area (Å²) in [6, 6.07) is 11.7. The Morgan fingerprint density at radius 3 is 1.24 bits per heavy atom. The van der Waals surface area contributed by atoms with Crippen molar-refractivity contribution in [2.45, 2.75) is 25.7 Å². The number of hydrogen-bond donors (Lipinski definition) is 5. The number of rotatable bonds is 16. The SMILES string of the molecule is C=CCc1ccc(OP(O)Oc2ccc(CC=C)cc2CC=C)c(CC=C)c1.OCC(CO)(CO)CO. The molecule has 0 atom stereocenters. The van der Waals surface area contributed by atoms with Crippen LogP contribution in [0.5, 0.6) is 11.5 Å². The Hall–Kier alpha value is -2.77. The summed E-state index contributed by atoms with van der Waals surface area (Å²) >= 11 is 0. The summed E-state index contributed by atoms with van der Waals surface area (Å²) in [5.41, 5.74) is 3.06. The number of aliphatic hydroxyl groups excluding tert-OH is 4. The van der Waals surface area contributed by atoms with Gasteiger partial charge in [-0.25, -0.2) is 0 Å². The van der Waals surface area contributed by atoms with E-state index in [1.54, 1.807) is 12.2 Å². The lowest BCUT2D eigenvalue weighted by molar-refractivity contribution is -0.0328. The van der Waals surface area contributed by atoms with Crippen molar-refractivity contribution < 1.29 is 34.4 Å². The first-order valence-electron chi connectivity index (χ1n) is 11.8. The van der Waals surface area contributed by atoms with Gasteiger partial charge in [-0.3, -0.25) is 0 Å². The summed E-state index contributed by atoms with van der Waals surface area (Å²) in [5, 5.41) is 34.0. The molecule has 5 N–H and O–H groups in total. The van der Waals surface area contributed by atoms with Gasteiger partial charge in [-0.05, 0) is 60.1 Å². The van der Waals surface area contributed by atoms with E-state index < -0.39 is 40.4 Å². The van der Waals surface area contributed by atoms with Gasteiger partial charge in [0, 0.05) is 0 Å². The highest BCUT2D eigenvalue weighted by Crippen LogP contribution is 2.40. The van der Waals surface area contributed by atoms with E-state index >= 15 is 0 Å². The second-order valence-corrected chi connectivity index (χ2v) is 9.25. The highest BCUT2D eigenvalue weighted by Gasteiger charge is 2.26. The fraction of sp³-hybridized carbons (Fsp3) is 0.310. The topological polar surface area (TPSA) is 120 Å². The molecule has 0 fully saturated rings. The molecular weight excluding hydrogens is 491 g/mol. The highest BCUT2D eigenvalue weighted by atomic mass is 31.2. The molecule has 0 aliphatic rings. The number of benzene rings is 2. The predicted octanol–water partition coefficient (Wildman–Crippen LogP) is 4.22. The molecule has 2 rings (SSSR count). The van der Waals surface area contributed by atoms with Crippen LogP contribution in [0, 0.1) is 5.41 Å². The lowest BCUT2D eigenvalue weighted by Gasteiger charge is -2.23. The molecule has 0 bridgehead atoms. The lowest BCUT2D eigenvalue weighted by Crippen LogP contribution is -2.37. The molecule has 2 aromatic carbocycles. The van der Waals surface area contributed by atoms with E-state index in [0.717, 1.165) is 35.1 Å². The van der Waals surface area contributed by atoms with Crippen molar-refractivity contribution in [1.29, 1.82) is 0 Å². The molecule has 0 saturated heterocycles. The van der Waals surface area contributed by atoms with Gasteiger partial charge in [0.15, 0.2) is 0 Å². The van der Waals surface area contributed by atoms with Gasteiger partial charge >= 0.3 is 8.60 Å². The third-order valence-electron chi connectivity index (χ3n) is 5.43. The van der Waals surface area contributed by atoms with Crippen molar-refractivity contribution in [2.75, 3.05) is 26.4 Å². The molecule has 0 aliphatic heterocycles. The minimum Gasteiger partial charge on any atom is -0.418 e. The predicted molar refractivity (Wildman–Crippen MR) is 150 cm³/mol. The largest absolute Gasteiger partial charge is 0.460 e. The number of aliphatic hydroxyl groups is 4. The molecule has 202 valence electrons. The Kier molecular flexibility index (Phi) is 15.4. The second kappa shape index (κ2) is 17.6. The van der Waals surface area contributed by atoms with Crippen molar-refractivity contribution in [3.8, 4) is 11.5 Å². The van der Waals surface area contributed by atoms with E-state index in [9.17, 15) is 4.89 Å². The van der Waals surface area contributed by atoms with Gasteiger partial charge in [0.25, 0.3) is 0 Å². The van der Waals surface area contributed by atoms with Crippen molar-refractivity contribution in [2.24, 2.45) is 5.41 Å². The molecule has 2 aromatic rings. The van der Waals surface area contributed by atoms with Gasteiger partial charge < -0.3 is 34.4 Å². The third kappa shape index (κ3) is 10.6. The molecule has 0 amide bonds. The van der Waals surface area contributed by atoms with Crippen LogP contribution in [0.2, 0.25) is 0 Å². The summed E-state index contributed by atoms with van der Waals surface area (Å²) in [7, 11) is -2.13. The van der Waals surface area contributed by atoms with Crippen molar-refractivity contribution in [1.82, 2.24) is 0 Å². The van der Waals surface area contributed by atoms with E-state index in [2.05, 4.69) is 26.3 Å². The van der Waals surface area contributed by atoms with Crippen molar-refractivity contribution >= 4 is 8.60 Å². The monoisotopic (exact) mass is 530 g/mol. The molecule has 0 spiro atoms. The molecular formula is C29H39O7P. The van der Waals surface area contributed by atoms with Crippen molar-refractivity contribution in [3.05, 3.63) is 109 Å². The van der Waals surface area contributed by atoms with Gasteiger partial charge in [-0.2, -0.15) is 0 Å². The van der Waals surface area contributed by atoms with E-state index in [1.165, 1.54) is 0 Å². The van der Waals surface area contributed by atoms with Crippen LogP contribution in [0.25, 0.3) is 0 Å². The van der Waals surface area contributed by atoms with Crippen LogP contribution in [0.4, 0.5) is 0 Å². The zero-order valence-corrected chi connectivity index (χ0v) is 22.2. The summed E-state index contributed by atoms with van der Waals surface area (Å²) in [4.78, 5) is 10.4. The number of hydrogen-bond acceptors (Lipinski definition) is 7. The minimum absolute atomic E-state index is 0.406. The Bertz CT molecular complexity index is 915. The van der Waals surface area contributed by atoms with E-state index in [-0.39, 0.29) is 0 Å². The Labute approximate surface area is 221 Å². The van der Waals surface area contributed by atoms with Gasteiger partial charge in [-0.1, -0.05) is 48.6 Å². The van der Waals surface area contributed by atoms with Crippen LogP contribution in [0.1, 0.15) is 22.3 Å². The number of allylic oxidation sites excluding steroid dienone is 4. The third-order valence-corrected chi connectivity index (χ3v) is 6.14. The molecule has 7 nitrogen and oxygen atoms in total. The maximum atomic E-state index is 10.4. The normalized spacial score (nSPS) is 10.8. The van der Waals surface area contributed by atoms with E-state index in [4.69, 9.17) is 29.5 Å². The maximum absolute atomic E-state index is 10.4. The molecule has 0 saturated carbocycles. The molecule has 0 aromatic heterocycles. The molecule has 0 unspecified atom stereocenters. The molecule has 0 radical (unpaired) electrons. The first kappa shape index (κ1) is 32.3. The van der Waals surface area contributed by atoms with Crippen LogP contribution in [-0.4, -0.2) is 51.7 Å². The van der Waals surface area contributed by atoms with Gasteiger partial charge in [0.05, 0.1) is 31.8 Å². The smallest absolute Gasteiger partial charge is 0.418 e. The standard InChI is InChI=1S/C24H27O3P.C5H12O4/c1-5-9-19-13-15-23(21(17-19)11-7-3)26-28(25)27-24-16-14-20(10-6-2)18-22(24)12-8-4;6-1-5(2-7,3-8)4-9/h5-8,13-18,25H,1-4,9-12H2;6-9H,1-4H2. The van der Waals surface area contributed by atoms with Gasteiger partial charge in [-0.15, -0.1) is 26.3 Å². The van der Waals surface area contributed by atoms with Gasteiger partial charge in [0.1, 0.15) is 11.5 Å². The summed E-state index contributed by atoms with van der Waals surface area (Å²) in [6.45, 7) is 13.5. The van der Waals surface area contributed by atoms with Crippen LogP contribution >= 0.6 is 8.60 Å². The van der Waals surface area contributed by atoms with Gasteiger partial charge in [0.2, 0.25) is 0 Å². The quantitative estimate of drug-likeness (QED) is 0.163. The highest BCUT2D eigenvalue weighted by molar-refractivity contribution is 7.41. The molecule has 8 heteroatoms. The molecule has 0 aliphatic carbocycles. The van der Waals surface area contributed by atoms with Crippen LogP contribution in [0.3, 0.4) is 0 Å². The Morgan fingerprint density at radius 1 is 0.622 bits per heavy atom. The summed E-state index contributed by atoms with van der Waals surface area (Å²) < 4.78 is 11.5. The van der Waals surface area contributed by atoms with Crippen molar-refractivity contribution in [3.63, 3.8) is 0 Å². The maximum Gasteiger partial charge on any atom is 0.460 e. The fourth-order valence-corrected chi connectivity index (χ4v) is 3.88. The summed E-state index contributed by atoms with van der Waals surface area (Å²) in [6.07, 6.45) is 10.2. The van der Waals surface area contributed by atoms with Crippen LogP contribution < -0.4 is 9.05 Å². The lowest BCUT2D eigenvalue weighted by atomic mass is 9.93. The average molecular weight is 531 g/mol. The second-order valence-electron chi connectivity index (χ2n) is 8.41. The fourth-order valence-electron chi connectivity index (χ4n) is 3.15. The van der Waals surface area contributed by atoms with Crippen LogP contribution in [-0.2, 0) is 25.7 Å². The van der Waals surface area contributed by atoms with E-state index in [0.29, 0.717) is 24.3 Å². The zero-order chi connectivity index (χ0) is 27.7. The Morgan fingerprint density at radius 2 is 0.973 bits per heavy atom. The first-order valence-corrected chi connectivity index (χ1v) is 12.9.